The molecule has 0 fully saturated rings. The van der Waals surface area contributed by atoms with Gasteiger partial charge in [-0.2, -0.15) is 4.99 Å². The predicted molar refractivity (Wildman–Crippen MR) is 99.3 cm³/mol. The minimum Gasteiger partial charge on any atom is -0.484 e. The van der Waals surface area contributed by atoms with Gasteiger partial charge in [0, 0.05) is 18.7 Å². The molecule has 1 heterocycles. The first-order valence-electron chi connectivity index (χ1n) is 8.11. The molecule has 0 spiro atoms. The van der Waals surface area contributed by atoms with E-state index in [2.05, 4.69) is 4.99 Å². The molecular weight excluding hydrogens is 354 g/mol. The van der Waals surface area contributed by atoms with Gasteiger partial charge >= 0.3 is 0 Å². The van der Waals surface area contributed by atoms with E-state index in [0.717, 1.165) is 16.6 Å². The third kappa shape index (κ3) is 3.97. The molecule has 0 N–H and O–H groups in total. The maximum atomic E-state index is 12.2. The number of benzene rings is 2. The quantitative estimate of drug-likeness (QED) is 0.490. The molecule has 0 radical (unpaired) electrons. The van der Waals surface area contributed by atoms with Crippen LogP contribution < -0.4 is 9.54 Å². The van der Waals surface area contributed by atoms with Gasteiger partial charge in [0.2, 0.25) is 0 Å². The van der Waals surface area contributed by atoms with Crippen molar-refractivity contribution in [2.24, 2.45) is 4.99 Å². The summed E-state index contributed by atoms with van der Waals surface area (Å²) in [7, 11) is 0. The van der Waals surface area contributed by atoms with Crippen LogP contribution in [-0.2, 0) is 11.3 Å². The number of fused-ring (bicyclic) bond motifs is 1. The Morgan fingerprint density at radius 2 is 2.04 bits per heavy atom. The highest BCUT2D eigenvalue weighted by molar-refractivity contribution is 7.16. The Morgan fingerprint density at radius 1 is 1.27 bits per heavy atom. The van der Waals surface area contributed by atoms with E-state index in [9.17, 15) is 14.9 Å². The fourth-order valence-electron chi connectivity index (χ4n) is 2.50. The molecule has 2 aromatic carbocycles. The largest absolute Gasteiger partial charge is 0.484 e. The Hall–Kier alpha value is -3.00. The highest BCUT2D eigenvalue weighted by atomic mass is 32.1. The lowest BCUT2D eigenvalue weighted by Crippen LogP contribution is -2.19. The number of aryl methyl sites for hydroxylation is 1. The molecule has 0 atom stereocenters. The number of non-ortho nitro benzene ring substituents is 1. The van der Waals surface area contributed by atoms with Crippen molar-refractivity contribution in [1.29, 1.82) is 0 Å². The number of thiazole rings is 1. The zero-order chi connectivity index (χ0) is 18.5. The Labute approximate surface area is 153 Å². The first-order valence-corrected chi connectivity index (χ1v) is 8.93. The van der Waals surface area contributed by atoms with E-state index >= 15 is 0 Å². The first kappa shape index (κ1) is 17.8. The van der Waals surface area contributed by atoms with Crippen molar-refractivity contribution in [3.63, 3.8) is 0 Å². The van der Waals surface area contributed by atoms with Gasteiger partial charge in [-0.3, -0.25) is 14.9 Å². The van der Waals surface area contributed by atoms with Crippen LogP contribution in [0.5, 0.6) is 5.75 Å². The topological polar surface area (TPSA) is 86.7 Å². The molecule has 3 aromatic rings. The second kappa shape index (κ2) is 7.92. The highest BCUT2D eigenvalue weighted by Crippen LogP contribution is 2.23. The average molecular weight is 371 g/mol. The summed E-state index contributed by atoms with van der Waals surface area (Å²) >= 11 is 1.26. The Balaban J connectivity index is 1.91. The number of para-hydroxylation sites is 1. The van der Waals surface area contributed by atoms with Crippen LogP contribution in [0.4, 0.5) is 5.69 Å². The van der Waals surface area contributed by atoms with Crippen molar-refractivity contribution in [1.82, 2.24) is 4.57 Å². The lowest BCUT2D eigenvalue weighted by Gasteiger charge is -2.03. The fraction of sp³-hybridized carbons (Fsp3) is 0.222. The zero-order valence-electron chi connectivity index (χ0n) is 14.1. The number of carbonyl (C=O) groups is 1. The van der Waals surface area contributed by atoms with E-state index in [1.807, 2.05) is 29.7 Å². The zero-order valence-corrected chi connectivity index (χ0v) is 14.9. The number of ether oxygens (including phenoxy) is 1. The van der Waals surface area contributed by atoms with E-state index in [1.54, 1.807) is 18.2 Å². The third-order valence-electron chi connectivity index (χ3n) is 3.65. The standard InChI is InChI=1S/C18H17N3O4S/c1-2-10-20-15-9-8-13(21(23)24)11-16(15)26-18(20)19-17(22)12-25-14-6-4-3-5-7-14/h3-9,11H,2,10,12H2,1H3. The van der Waals surface area contributed by atoms with Crippen LogP contribution in [0.15, 0.2) is 53.5 Å². The molecule has 0 bridgehead atoms. The molecule has 134 valence electrons. The molecule has 0 saturated heterocycles. The minimum absolute atomic E-state index is 0.0210. The van der Waals surface area contributed by atoms with Crippen LogP contribution in [-0.4, -0.2) is 22.0 Å². The monoisotopic (exact) mass is 371 g/mol. The molecule has 0 aliphatic rings. The van der Waals surface area contributed by atoms with Gasteiger partial charge in [0.05, 0.1) is 15.1 Å². The van der Waals surface area contributed by atoms with Gasteiger partial charge in [-0.15, -0.1) is 0 Å². The average Bonchev–Trinajstić information content (AvgIpc) is 2.97. The van der Waals surface area contributed by atoms with Gasteiger partial charge in [-0.05, 0) is 24.6 Å². The Morgan fingerprint density at radius 3 is 2.73 bits per heavy atom. The molecule has 0 saturated carbocycles. The van der Waals surface area contributed by atoms with Crippen molar-refractivity contribution in [2.45, 2.75) is 19.9 Å². The molecule has 3 rings (SSSR count). The van der Waals surface area contributed by atoms with Crippen LogP contribution >= 0.6 is 11.3 Å². The summed E-state index contributed by atoms with van der Waals surface area (Å²) in [6.45, 7) is 2.53. The number of aromatic nitrogens is 1. The van der Waals surface area contributed by atoms with Gasteiger partial charge in [-0.25, -0.2) is 0 Å². The molecule has 8 heteroatoms. The normalized spacial score (nSPS) is 11.7. The number of hydrogen-bond donors (Lipinski definition) is 0. The minimum atomic E-state index is -0.432. The number of rotatable bonds is 6. The second-order valence-corrected chi connectivity index (χ2v) is 6.56. The number of nitrogens with zero attached hydrogens (tertiary/aromatic N) is 3. The molecule has 0 aliphatic heterocycles. The molecule has 0 aliphatic carbocycles. The summed E-state index contributed by atoms with van der Waals surface area (Å²) in [5.74, 6) is 0.198. The molecule has 0 unspecified atom stereocenters. The summed E-state index contributed by atoms with van der Waals surface area (Å²) in [5.41, 5.74) is 0.852. The number of carbonyl (C=O) groups excluding carboxylic acids is 1. The van der Waals surface area contributed by atoms with E-state index in [1.165, 1.54) is 23.5 Å². The van der Waals surface area contributed by atoms with Crippen LogP contribution in [0.2, 0.25) is 0 Å². The lowest BCUT2D eigenvalue weighted by molar-refractivity contribution is -0.384. The summed E-state index contributed by atoms with van der Waals surface area (Å²) in [4.78, 5) is 27.4. The van der Waals surface area contributed by atoms with Crippen LogP contribution in [0, 0.1) is 10.1 Å². The molecule has 1 amide bonds. The number of hydrogen-bond acceptors (Lipinski definition) is 5. The number of nitro benzene ring substituents is 1. The predicted octanol–water partition coefficient (Wildman–Crippen LogP) is 3.53. The van der Waals surface area contributed by atoms with Gasteiger partial charge in [0.15, 0.2) is 11.4 Å². The summed E-state index contributed by atoms with van der Waals surface area (Å²) < 4.78 is 8.06. The number of nitro groups is 1. The van der Waals surface area contributed by atoms with Crippen molar-refractivity contribution in [3.05, 3.63) is 63.4 Å². The van der Waals surface area contributed by atoms with Crippen molar-refractivity contribution < 1.29 is 14.5 Å². The van der Waals surface area contributed by atoms with Crippen molar-refractivity contribution in [2.75, 3.05) is 6.61 Å². The summed E-state index contributed by atoms with van der Waals surface area (Å²) in [6, 6.07) is 13.7. The third-order valence-corrected chi connectivity index (χ3v) is 4.69. The smallest absolute Gasteiger partial charge is 0.286 e. The Kier molecular flexibility index (Phi) is 5.43. The van der Waals surface area contributed by atoms with Crippen LogP contribution in [0.25, 0.3) is 10.2 Å². The van der Waals surface area contributed by atoms with Gasteiger partial charge in [0.1, 0.15) is 5.75 Å². The van der Waals surface area contributed by atoms with E-state index < -0.39 is 10.8 Å². The number of amides is 1. The summed E-state index contributed by atoms with van der Waals surface area (Å²) in [5, 5.41) is 11.0. The van der Waals surface area contributed by atoms with Crippen molar-refractivity contribution in [3.8, 4) is 5.75 Å². The maximum Gasteiger partial charge on any atom is 0.286 e. The highest BCUT2D eigenvalue weighted by Gasteiger charge is 2.12. The van der Waals surface area contributed by atoms with E-state index in [4.69, 9.17) is 4.74 Å². The SMILES string of the molecule is CCCn1c(=NC(=O)COc2ccccc2)sc2cc([N+](=O)[O-])ccc21. The van der Waals surface area contributed by atoms with E-state index in [-0.39, 0.29) is 12.3 Å². The van der Waals surface area contributed by atoms with Crippen molar-refractivity contribution >= 4 is 33.1 Å². The van der Waals surface area contributed by atoms with Gasteiger partial charge in [-0.1, -0.05) is 36.5 Å². The Bertz CT molecular complexity index is 1010. The maximum absolute atomic E-state index is 12.2. The molecule has 7 nitrogen and oxygen atoms in total. The molecule has 26 heavy (non-hydrogen) atoms. The van der Waals surface area contributed by atoms with Gasteiger partial charge < -0.3 is 9.30 Å². The van der Waals surface area contributed by atoms with E-state index in [0.29, 0.717) is 17.1 Å². The molecular formula is C18H17N3O4S. The lowest BCUT2D eigenvalue weighted by atomic mass is 10.3. The first-order chi connectivity index (χ1) is 12.6. The second-order valence-electron chi connectivity index (χ2n) is 5.55. The molecule has 1 aromatic heterocycles. The summed E-state index contributed by atoms with van der Waals surface area (Å²) in [6.07, 6.45) is 0.852. The fourth-order valence-corrected chi connectivity index (χ4v) is 3.61. The van der Waals surface area contributed by atoms with Crippen LogP contribution in [0.1, 0.15) is 13.3 Å². The van der Waals surface area contributed by atoms with Gasteiger partial charge in [0.25, 0.3) is 11.6 Å². The van der Waals surface area contributed by atoms with Crippen LogP contribution in [0.3, 0.4) is 0 Å².